The normalized spacial score (nSPS) is 19.9. The highest BCUT2D eigenvalue weighted by molar-refractivity contribution is 6.74. The lowest BCUT2D eigenvalue weighted by atomic mass is 9.88. The van der Waals surface area contributed by atoms with Crippen LogP contribution in [0.15, 0.2) is 0 Å². The van der Waals surface area contributed by atoms with Crippen molar-refractivity contribution in [2.24, 2.45) is 5.92 Å². The Bertz CT molecular complexity index is 153. The van der Waals surface area contributed by atoms with E-state index in [1.54, 1.807) is 0 Å². The summed E-state index contributed by atoms with van der Waals surface area (Å²) >= 11 is 0. The van der Waals surface area contributed by atoms with E-state index in [2.05, 4.69) is 19.6 Å². The molecule has 0 heterocycles. The second-order valence-corrected chi connectivity index (χ2v) is 10.4. The molecule has 1 rings (SSSR count). The van der Waals surface area contributed by atoms with Crippen LogP contribution in [0, 0.1) is 5.92 Å². The van der Waals surface area contributed by atoms with E-state index < -0.39 is 8.32 Å². The molecule has 1 aliphatic rings. The molecule has 1 aliphatic carbocycles. The lowest BCUT2D eigenvalue weighted by Gasteiger charge is -2.27. The van der Waals surface area contributed by atoms with Gasteiger partial charge in [-0.05, 0) is 31.6 Å². The molecule has 0 aromatic carbocycles. The van der Waals surface area contributed by atoms with Crippen molar-refractivity contribution in [3.05, 3.63) is 0 Å². The Hall–Kier alpha value is 0.394. The van der Waals surface area contributed by atoms with E-state index in [9.17, 15) is 0 Å². The maximum absolute atomic E-state index is 5.89. The van der Waals surface area contributed by atoms with Gasteiger partial charge in [-0.3, -0.25) is 0 Å². The van der Waals surface area contributed by atoms with E-state index in [0.29, 0.717) is 9.76 Å². The summed E-state index contributed by atoms with van der Waals surface area (Å²) in [6.45, 7) is 6.88. The minimum Gasteiger partial charge on any atom is -0.456 e. The van der Waals surface area contributed by atoms with Crippen LogP contribution in [0.2, 0.25) is 25.7 Å². The molecule has 2 radical (unpaired) electrons. The average Bonchev–Trinajstić information content (AvgIpc) is 2.17. The van der Waals surface area contributed by atoms with E-state index in [0.717, 1.165) is 5.92 Å². The molecule has 14 heavy (non-hydrogen) atoms. The molecule has 1 saturated carbocycles. The van der Waals surface area contributed by atoms with Crippen LogP contribution in [-0.2, 0) is 4.12 Å². The molecule has 0 aromatic rings. The van der Waals surface area contributed by atoms with Crippen LogP contribution in [0.3, 0.4) is 0 Å². The zero-order valence-corrected chi connectivity index (χ0v) is 11.9. The number of rotatable bonds is 5. The molecule has 0 unspecified atom stereocenters. The van der Waals surface area contributed by atoms with Crippen LogP contribution in [0.25, 0.3) is 0 Å². The smallest absolute Gasteiger partial charge is 0.211 e. The van der Waals surface area contributed by atoms with Crippen LogP contribution in [-0.4, -0.2) is 18.1 Å². The van der Waals surface area contributed by atoms with Crippen LogP contribution >= 0.6 is 0 Å². The fraction of sp³-hybridized carbons (Fsp3) is 1.00. The van der Waals surface area contributed by atoms with E-state index in [-0.39, 0.29) is 0 Å². The molecular formula is C11H24OSi2. The number of hydrogen-bond acceptors (Lipinski definition) is 1. The van der Waals surface area contributed by atoms with Crippen LogP contribution in [0.5, 0.6) is 0 Å². The molecule has 0 atom stereocenters. The van der Waals surface area contributed by atoms with Crippen molar-refractivity contribution in [2.75, 3.05) is 0 Å². The van der Waals surface area contributed by atoms with Gasteiger partial charge in [0.25, 0.3) is 0 Å². The molecule has 0 spiro atoms. The third-order valence-electron chi connectivity index (χ3n) is 3.26. The highest BCUT2D eigenvalue weighted by atomic mass is 28.4. The van der Waals surface area contributed by atoms with Crippen molar-refractivity contribution in [2.45, 2.75) is 64.2 Å². The van der Waals surface area contributed by atoms with Gasteiger partial charge in [0.2, 0.25) is 9.76 Å². The first-order chi connectivity index (χ1) is 6.64. The monoisotopic (exact) mass is 228 g/mol. The summed E-state index contributed by atoms with van der Waals surface area (Å²) in [6.07, 6.45) is 8.83. The van der Waals surface area contributed by atoms with Gasteiger partial charge in [0.1, 0.15) is 0 Å². The Morgan fingerprint density at radius 2 is 1.86 bits per heavy atom. The minimum absolute atomic E-state index is 0.690. The third kappa shape index (κ3) is 4.76. The molecule has 3 heteroatoms. The van der Waals surface area contributed by atoms with Gasteiger partial charge < -0.3 is 4.12 Å². The van der Waals surface area contributed by atoms with E-state index in [4.69, 9.17) is 4.12 Å². The Balaban J connectivity index is 2.17. The summed E-state index contributed by atoms with van der Waals surface area (Å²) in [6, 6.07) is 1.37. The van der Waals surface area contributed by atoms with Crippen LogP contribution in [0.1, 0.15) is 38.5 Å². The lowest BCUT2D eigenvalue weighted by molar-refractivity contribution is 0.345. The van der Waals surface area contributed by atoms with Gasteiger partial charge in [0, 0.05) is 0 Å². The van der Waals surface area contributed by atoms with Gasteiger partial charge in [0.15, 0.2) is 8.32 Å². The predicted molar refractivity (Wildman–Crippen MR) is 66.2 cm³/mol. The van der Waals surface area contributed by atoms with Crippen molar-refractivity contribution in [1.29, 1.82) is 0 Å². The van der Waals surface area contributed by atoms with Gasteiger partial charge in [0.05, 0.1) is 0 Å². The molecule has 0 bridgehead atoms. The lowest BCUT2D eigenvalue weighted by Crippen LogP contribution is -2.31. The molecular weight excluding hydrogens is 204 g/mol. The highest BCUT2D eigenvalue weighted by Gasteiger charge is 2.23. The van der Waals surface area contributed by atoms with Crippen molar-refractivity contribution in [1.82, 2.24) is 0 Å². The summed E-state index contributed by atoms with van der Waals surface area (Å²) in [4.78, 5) is 0. The predicted octanol–water partition coefficient (Wildman–Crippen LogP) is 3.85. The van der Waals surface area contributed by atoms with Crippen LogP contribution in [0.4, 0.5) is 0 Å². The largest absolute Gasteiger partial charge is 0.456 e. The zero-order chi connectivity index (χ0) is 10.4. The molecule has 0 aliphatic heterocycles. The van der Waals surface area contributed by atoms with Crippen molar-refractivity contribution < 1.29 is 4.12 Å². The van der Waals surface area contributed by atoms with E-state index in [1.165, 1.54) is 44.6 Å². The molecule has 0 aromatic heterocycles. The minimum atomic E-state index is -1.27. The van der Waals surface area contributed by atoms with E-state index >= 15 is 0 Å². The molecule has 0 saturated heterocycles. The van der Waals surface area contributed by atoms with E-state index in [1.807, 2.05) is 0 Å². The molecule has 0 amide bonds. The second kappa shape index (κ2) is 6.08. The Kier molecular flexibility index (Phi) is 5.41. The molecule has 82 valence electrons. The van der Waals surface area contributed by atoms with Gasteiger partial charge in [-0.25, -0.2) is 0 Å². The Morgan fingerprint density at radius 3 is 2.43 bits per heavy atom. The first kappa shape index (κ1) is 12.5. The van der Waals surface area contributed by atoms with Gasteiger partial charge in [-0.15, -0.1) is 0 Å². The zero-order valence-electron chi connectivity index (χ0n) is 9.94. The Morgan fingerprint density at radius 1 is 1.21 bits per heavy atom. The number of hydrogen-bond donors (Lipinski definition) is 0. The maximum atomic E-state index is 5.89. The quantitative estimate of drug-likeness (QED) is 0.650. The van der Waals surface area contributed by atoms with Gasteiger partial charge >= 0.3 is 0 Å². The topological polar surface area (TPSA) is 9.23 Å². The summed E-state index contributed by atoms with van der Waals surface area (Å²) in [5.74, 6) is 1.03. The van der Waals surface area contributed by atoms with Crippen LogP contribution < -0.4 is 0 Å². The first-order valence-electron chi connectivity index (χ1n) is 5.99. The van der Waals surface area contributed by atoms with Crippen molar-refractivity contribution >= 4 is 18.1 Å². The fourth-order valence-electron chi connectivity index (χ4n) is 2.35. The Labute approximate surface area is 92.7 Å². The third-order valence-corrected chi connectivity index (χ3v) is 7.78. The average molecular weight is 228 g/mol. The second-order valence-electron chi connectivity index (χ2n) is 5.11. The standard InChI is InChI=1S/C11H24OSi2/c1-13-12-14(2,3)10-9-11-7-5-4-6-8-11/h11H,4-10H2,1-3H3. The van der Waals surface area contributed by atoms with Crippen molar-refractivity contribution in [3.63, 3.8) is 0 Å². The van der Waals surface area contributed by atoms with Gasteiger partial charge in [-0.2, -0.15) is 0 Å². The summed E-state index contributed by atoms with van der Waals surface area (Å²) in [5, 5.41) is 0. The summed E-state index contributed by atoms with van der Waals surface area (Å²) in [7, 11) is -0.585. The van der Waals surface area contributed by atoms with Gasteiger partial charge in [-0.1, -0.05) is 38.5 Å². The molecule has 0 N–H and O–H groups in total. The summed E-state index contributed by atoms with van der Waals surface area (Å²) in [5.41, 5.74) is 0. The fourth-order valence-corrected chi connectivity index (χ4v) is 6.08. The first-order valence-corrected chi connectivity index (χ1v) is 10.5. The molecule has 1 nitrogen and oxygen atoms in total. The molecule has 1 fully saturated rings. The summed E-state index contributed by atoms with van der Waals surface area (Å²) < 4.78 is 5.89. The SMILES string of the molecule is C[Si]O[Si](C)(C)CCC1CCCCC1. The van der Waals surface area contributed by atoms with Crippen molar-refractivity contribution in [3.8, 4) is 0 Å². The highest BCUT2D eigenvalue weighted by Crippen LogP contribution is 2.29. The maximum Gasteiger partial charge on any atom is 0.211 e.